The topological polar surface area (TPSA) is 148 Å². The van der Waals surface area contributed by atoms with E-state index in [-0.39, 0.29) is 29.3 Å². The summed E-state index contributed by atoms with van der Waals surface area (Å²) in [6.45, 7) is 4.98. The Hall–Kier alpha value is -4.56. The Morgan fingerprint density at radius 2 is 1.83 bits per heavy atom. The molecule has 1 aliphatic carbocycles. The smallest absolute Gasteiger partial charge is 0.416 e. The molecule has 1 saturated carbocycles. The van der Waals surface area contributed by atoms with Crippen molar-refractivity contribution < 1.29 is 32.6 Å². The number of rotatable bonds is 6. The number of carboxylic acids is 1. The molecule has 4 N–H and O–H groups in total. The SMILES string of the molecule is C[C@H]1CO[C@@H](c2nc(-c3ccc(C(=O)Nc4cc(C(F)(F)F)ccn4)cc3)c3c(N)nccn23)CN1[C@H]1CC[C@@](C)(C(=O)O)CC1. The van der Waals surface area contributed by atoms with Gasteiger partial charge >= 0.3 is 12.1 Å². The first-order valence-electron chi connectivity index (χ1n) is 15.0. The van der Waals surface area contributed by atoms with Crippen molar-refractivity contribution in [3.05, 3.63) is 71.9 Å². The van der Waals surface area contributed by atoms with Crippen LogP contribution >= 0.6 is 0 Å². The van der Waals surface area contributed by atoms with Crippen molar-refractivity contribution in [2.75, 3.05) is 24.2 Å². The van der Waals surface area contributed by atoms with Gasteiger partial charge in [0.1, 0.15) is 34.8 Å². The zero-order chi connectivity index (χ0) is 32.8. The summed E-state index contributed by atoms with van der Waals surface area (Å²) in [6, 6.07) is 8.45. The number of imidazole rings is 1. The number of alkyl halides is 3. The van der Waals surface area contributed by atoms with Gasteiger partial charge in [0.25, 0.3) is 5.91 Å². The van der Waals surface area contributed by atoms with E-state index >= 15 is 0 Å². The molecule has 14 heteroatoms. The first-order valence-corrected chi connectivity index (χ1v) is 15.0. The van der Waals surface area contributed by atoms with E-state index in [1.165, 1.54) is 0 Å². The van der Waals surface area contributed by atoms with Gasteiger partial charge in [-0.15, -0.1) is 0 Å². The number of nitrogen functional groups attached to an aromatic ring is 1. The Bertz CT molecular complexity index is 1770. The highest BCUT2D eigenvalue weighted by molar-refractivity contribution is 6.04. The Morgan fingerprint density at radius 3 is 2.50 bits per heavy atom. The predicted molar refractivity (Wildman–Crippen MR) is 163 cm³/mol. The molecule has 2 fully saturated rings. The van der Waals surface area contributed by atoms with E-state index in [2.05, 4.69) is 27.1 Å². The van der Waals surface area contributed by atoms with Gasteiger partial charge < -0.3 is 20.9 Å². The van der Waals surface area contributed by atoms with Crippen molar-refractivity contribution >= 4 is 29.0 Å². The van der Waals surface area contributed by atoms with Crippen molar-refractivity contribution in [3.8, 4) is 11.3 Å². The lowest BCUT2D eigenvalue weighted by Gasteiger charge is -2.46. The predicted octanol–water partition coefficient (Wildman–Crippen LogP) is 5.44. The summed E-state index contributed by atoms with van der Waals surface area (Å²) >= 11 is 0. The first kappa shape index (κ1) is 31.4. The van der Waals surface area contributed by atoms with Crippen LogP contribution in [0.1, 0.15) is 67.4 Å². The number of aromatic nitrogens is 4. The molecule has 0 radical (unpaired) electrons. The molecule has 1 aliphatic heterocycles. The monoisotopic (exact) mass is 637 g/mol. The molecule has 0 spiro atoms. The van der Waals surface area contributed by atoms with E-state index < -0.39 is 35.1 Å². The number of carboxylic acid groups (broad SMARTS) is 1. The number of nitrogens with zero attached hydrogens (tertiary/aromatic N) is 5. The molecule has 4 heterocycles. The number of anilines is 2. The van der Waals surface area contributed by atoms with Crippen LogP contribution in [-0.2, 0) is 15.7 Å². The number of hydrogen-bond acceptors (Lipinski definition) is 8. The zero-order valence-corrected chi connectivity index (χ0v) is 25.3. The molecule has 0 bridgehead atoms. The maximum Gasteiger partial charge on any atom is 0.416 e. The van der Waals surface area contributed by atoms with E-state index in [4.69, 9.17) is 15.5 Å². The summed E-state index contributed by atoms with van der Waals surface area (Å²) in [5, 5.41) is 12.1. The molecule has 0 unspecified atom stereocenters. The fourth-order valence-electron chi connectivity index (χ4n) is 6.38. The number of nitrogens with two attached hydrogens (primary N) is 1. The van der Waals surface area contributed by atoms with Crippen LogP contribution in [0.2, 0.25) is 0 Å². The van der Waals surface area contributed by atoms with Gasteiger partial charge in [-0.25, -0.2) is 15.0 Å². The molecule has 2 atom stereocenters. The summed E-state index contributed by atoms with van der Waals surface area (Å²) < 4.78 is 47.4. The maximum absolute atomic E-state index is 13.1. The van der Waals surface area contributed by atoms with Crippen LogP contribution in [0.3, 0.4) is 0 Å². The van der Waals surface area contributed by atoms with Crippen molar-refractivity contribution in [2.24, 2.45) is 5.41 Å². The van der Waals surface area contributed by atoms with E-state index in [1.807, 2.05) is 11.3 Å². The molecular formula is C32H34F3N7O4. The molecule has 1 saturated heterocycles. The number of fused-ring (bicyclic) bond motifs is 1. The van der Waals surface area contributed by atoms with Crippen LogP contribution in [0.15, 0.2) is 55.0 Å². The van der Waals surface area contributed by atoms with Crippen LogP contribution in [0.4, 0.5) is 24.8 Å². The number of aliphatic carboxylic acids is 1. The minimum Gasteiger partial charge on any atom is -0.481 e. The molecule has 6 rings (SSSR count). The van der Waals surface area contributed by atoms with Gasteiger partial charge in [-0.1, -0.05) is 12.1 Å². The Kier molecular flexibility index (Phi) is 8.19. The number of benzene rings is 1. The number of carbonyl (C=O) groups is 2. The van der Waals surface area contributed by atoms with Gasteiger partial charge in [0.15, 0.2) is 0 Å². The molecule has 1 amide bonds. The summed E-state index contributed by atoms with van der Waals surface area (Å²) in [4.78, 5) is 40.1. The number of halogens is 3. The average molecular weight is 638 g/mol. The molecule has 11 nitrogen and oxygen atoms in total. The Balaban J connectivity index is 1.24. The van der Waals surface area contributed by atoms with E-state index in [0.29, 0.717) is 48.6 Å². The minimum absolute atomic E-state index is 0.151. The second-order valence-corrected chi connectivity index (χ2v) is 12.3. The highest BCUT2D eigenvalue weighted by Crippen LogP contribution is 2.40. The van der Waals surface area contributed by atoms with E-state index in [1.54, 1.807) is 36.7 Å². The van der Waals surface area contributed by atoms with Crippen molar-refractivity contribution in [3.63, 3.8) is 0 Å². The largest absolute Gasteiger partial charge is 0.481 e. The number of ether oxygens (including phenoxy) is 1. The zero-order valence-electron chi connectivity index (χ0n) is 25.3. The molecule has 1 aromatic carbocycles. The van der Waals surface area contributed by atoms with Gasteiger partial charge in [-0.2, -0.15) is 13.2 Å². The molecule has 4 aromatic rings. The van der Waals surface area contributed by atoms with E-state index in [0.717, 1.165) is 31.2 Å². The number of hydrogen-bond donors (Lipinski definition) is 3. The van der Waals surface area contributed by atoms with Crippen LogP contribution in [0, 0.1) is 5.41 Å². The fraction of sp³-hybridized carbons (Fsp3) is 0.406. The van der Waals surface area contributed by atoms with Gasteiger partial charge in [-0.05, 0) is 63.8 Å². The second-order valence-electron chi connectivity index (χ2n) is 12.3. The lowest BCUT2D eigenvalue weighted by Crippen LogP contribution is -2.52. The van der Waals surface area contributed by atoms with Crippen LogP contribution < -0.4 is 11.1 Å². The third-order valence-electron chi connectivity index (χ3n) is 9.17. The quantitative estimate of drug-likeness (QED) is 0.251. The number of morpholine rings is 1. The van der Waals surface area contributed by atoms with Crippen LogP contribution in [-0.4, -0.2) is 66.5 Å². The van der Waals surface area contributed by atoms with Gasteiger partial charge in [-0.3, -0.25) is 18.9 Å². The van der Waals surface area contributed by atoms with Crippen molar-refractivity contribution in [1.29, 1.82) is 0 Å². The summed E-state index contributed by atoms with van der Waals surface area (Å²) in [5.41, 5.74) is 6.70. The van der Waals surface area contributed by atoms with Gasteiger partial charge in [0.05, 0.1) is 17.6 Å². The van der Waals surface area contributed by atoms with Crippen LogP contribution in [0.25, 0.3) is 16.8 Å². The van der Waals surface area contributed by atoms with Gasteiger partial charge in [0, 0.05) is 48.3 Å². The van der Waals surface area contributed by atoms with Crippen molar-refractivity contribution in [1.82, 2.24) is 24.3 Å². The van der Waals surface area contributed by atoms with Crippen molar-refractivity contribution in [2.45, 2.75) is 63.9 Å². The van der Waals surface area contributed by atoms with Crippen LogP contribution in [0.5, 0.6) is 0 Å². The second kappa shape index (κ2) is 12.0. The maximum atomic E-state index is 13.1. The van der Waals surface area contributed by atoms with Gasteiger partial charge in [0.2, 0.25) is 0 Å². The molecule has 3 aromatic heterocycles. The molecule has 2 aliphatic rings. The molecule has 46 heavy (non-hydrogen) atoms. The summed E-state index contributed by atoms with van der Waals surface area (Å²) in [5.74, 6) is -0.684. The standard InChI is InChI=1S/C32H34F3N7O4/c1-18-17-46-23(16-42(18)22-7-10-31(2,11-8-22)30(44)45)28-40-25(26-27(36)38-13-14-41(26)28)19-3-5-20(6-4-19)29(43)39-24-15-21(9-12-37-24)32(33,34)35/h3-6,9,12-15,18,22-23H,7-8,10-11,16-17H2,1-2H3,(H2,36,38)(H,44,45)(H,37,39,43)/t18-,22-,23+,31+/m0/s1. The van der Waals surface area contributed by atoms with E-state index in [9.17, 15) is 27.9 Å². The fourth-order valence-corrected chi connectivity index (χ4v) is 6.38. The number of pyridine rings is 1. The number of carbonyl (C=O) groups excluding carboxylic acids is 1. The molecule has 242 valence electrons. The Morgan fingerprint density at radius 1 is 1.11 bits per heavy atom. The highest BCUT2D eigenvalue weighted by atomic mass is 19.4. The molecular weight excluding hydrogens is 603 g/mol. The summed E-state index contributed by atoms with van der Waals surface area (Å²) in [6.07, 6.45) is 2.19. The normalized spacial score (nSPS) is 24.2. The number of amides is 1. The lowest BCUT2D eigenvalue weighted by molar-refractivity contribution is -0.151. The third kappa shape index (κ3) is 6.01. The third-order valence-corrected chi connectivity index (χ3v) is 9.17. The lowest BCUT2D eigenvalue weighted by atomic mass is 9.73. The number of nitrogens with one attached hydrogen (secondary N) is 1. The highest BCUT2D eigenvalue weighted by Gasteiger charge is 2.42. The minimum atomic E-state index is -4.56. The average Bonchev–Trinajstić information content (AvgIpc) is 3.42. The summed E-state index contributed by atoms with van der Waals surface area (Å²) in [7, 11) is 0. The first-order chi connectivity index (χ1) is 21.8. The Labute approximate surface area is 262 Å².